The van der Waals surface area contributed by atoms with Gasteiger partial charge in [-0.2, -0.15) is 0 Å². The van der Waals surface area contributed by atoms with Crippen LogP contribution in [0.5, 0.6) is 0 Å². The zero-order valence-corrected chi connectivity index (χ0v) is 15.9. The summed E-state index contributed by atoms with van der Waals surface area (Å²) in [4.78, 5) is 33.4. The predicted octanol–water partition coefficient (Wildman–Crippen LogP) is 1.99. The molecule has 0 saturated carbocycles. The number of rotatable bonds is 5. The largest absolute Gasteiger partial charge is 0.478 e. The Kier molecular flexibility index (Phi) is 8.43. The molecule has 0 aliphatic carbocycles. The fourth-order valence-electron chi connectivity index (χ4n) is 2.91. The first-order valence-corrected chi connectivity index (χ1v) is 9.13. The first-order chi connectivity index (χ1) is 13.3. The molecule has 2 saturated heterocycles. The van der Waals surface area contributed by atoms with Crippen molar-refractivity contribution in [1.29, 1.82) is 0 Å². The van der Waals surface area contributed by atoms with Crippen LogP contribution < -0.4 is 0 Å². The zero-order chi connectivity index (χ0) is 20.5. The Labute approximate surface area is 167 Å². The molecule has 0 amide bonds. The van der Waals surface area contributed by atoms with Crippen LogP contribution in [0.4, 0.5) is 0 Å². The van der Waals surface area contributed by atoms with Gasteiger partial charge >= 0.3 is 17.9 Å². The topological polar surface area (TPSA) is 113 Å². The molecule has 0 radical (unpaired) electrons. The van der Waals surface area contributed by atoms with Crippen molar-refractivity contribution in [3.63, 3.8) is 0 Å². The van der Waals surface area contributed by atoms with Crippen LogP contribution in [0.25, 0.3) is 0 Å². The van der Waals surface area contributed by atoms with Crippen molar-refractivity contribution in [1.82, 2.24) is 4.90 Å². The number of carboxylic acids is 2. The van der Waals surface area contributed by atoms with Gasteiger partial charge in [-0.1, -0.05) is 23.7 Å². The maximum Gasteiger partial charge on any atom is 0.328 e. The summed E-state index contributed by atoms with van der Waals surface area (Å²) < 4.78 is 10.8. The molecule has 1 aromatic rings. The molecule has 0 bridgehead atoms. The van der Waals surface area contributed by atoms with Gasteiger partial charge in [-0.15, -0.1) is 0 Å². The van der Waals surface area contributed by atoms with Crippen molar-refractivity contribution >= 4 is 29.5 Å². The standard InChI is InChI=1S/C15H18ClNO3.C4H4O4/c16-13-3-1-11(2-4-13)14-9-12(15(18)20-14)10-17-5-7-19-8-6-17;5-3(6)1-2-4(7)8/h1-4,12,14H,5-10H2;1-2H,(H,5,6)(H,7,8)/b;2-1-. The molecular formula is C19H22ClNO7. The van der Waals surface area contributed by atoms with E-state index in [2.05, 4.69) is 4.90 Å². The van der Waals surface area contributed by atoms with E-state index in [1.807, 2.05) is 24.3 Å². The summed E-state index contributed by atoms with van der Waals surface area (Å²) in [5.41, 5.74) is 1.02. The molecule has 2 atom stereocenters. The number of morpholine rings is 1. The number of esters is 1. The highest BCUT2D eigenvalue weighted by Crippen LogP contribution is 2.34. The highest BCUT2D eigenvalue weighted by Gasteiger charge is 2.36. The minimum Gasteiger partial charge on any atom is -0.478 e. The van der Waals surface area contributed by atoms with Gasteiger partial charge in [0.15, 0.2) is 0 Å². The fraction of sp³-hybridized carbons (Fsp3) is 0.421. The van der Waals surface area contributed by atoms with Gasteiger partial charge in [0, 0.05) is 43.2 Å². The molecule has 1 aromatic carbocycles. The number of hydrogen-bond acceptors (Lipinski definition) is 6. The highest BCUT2D eigenvalue weighted by molar-refractivity contribution is 6.30. The number of ether oxygens (including phenoxy) is 2. The molecule has 0 aromatic heterocycles. The molecule has 2 N–H and O–H groups in total. The van der Waals surface area contributed by atoms with Crippen LogP contribution in [0.3, 0.4) is 0 Å². The van der Waals surface area contributed by atoms with Gasteiger partial charge in [-0.3, -0.25) is 9.69 Å². The van der Waals surface area contributed by atoms with E-state index in [1.165, 1.54) is 0 Å². The van der Waals surface area contributed by atoms with Crippen LogP contribution in [-0.4, -0.2) is 65.9 Å². The quantitative estimate of drug-likeness (QED) is 0.558. The van der Waals surface area contributed by atoms with Crippen LogP contribution in [-0.2, 0) is 23.9 Å². The molecular weight excluding hydrogens is 390 g/mol. The number of halogens is 1. The second kappa shape index (κ2) is 10.8. The summed E-state index contributed by atoms with van der Waals surface area (Å²) in [5, 5.41) is 16.3. The summed E-state index contributed by atoms with van der Waals surface area (Å²) in [5.74, 6) is -2.63. The smallest absolute Gasteiger partial charge is 0.328 e. The van der Waals surface area contributed by atoms with E-state index in [4.69, 9.17) is 31.3 Å². The summed E-state index contributed by atoms with van der Waals surface area (Å²) in [7, 11) is 0. The van der Waals surface area contributed by atoms with Crippen LogP contribution in [0, 0.1) is 5.92 Å². The third kappa shape index (κ3) is 7.30. The van der Waals surface area contributed by atoms with Gasteiger partial charge in [-0.05, 0) is 17.7 Å². The minimum atomic E-state index is -1.26. The minimum absolute atomic E-state index is 0.0335. The number of hydrogen-bond donors (Lipinski definition) is 2. The molecule has 8 nitrogen and oxygen atoms in total. The number of nitrogens with zero attached hydrogens (tertiary/aromatic N) is 1. The lowest BCUT2D eigenvalue weighted by atomic mass is 9.99. The zero-order valence-electron chi connectivity index (χ0n) is 15.1. The third-order valence-electron chi connectivity index (χ3n) is 4.28. The molecule has 9 heteroatoms. The van der Waals surface area contributed by atoms with Gasteiger partial charge in [0.1, 0.15) is 6.10 Å². The monoisotopic (exact) mass is 411 g/mol. The number of benzene rings is 1. The first kappa shape index (κ1) is 21.9. The summed E-state index contributed by atoms with van der Waals surface area (Å²) in [6, 6.07) is 7.52. The van der Waals surface area contributed by atoms with Crippen LogP contribution >= 0.6 is 11.6 Å². The van der Waals surface area contributed by atoms with Crippen molar-refractivity contribution in [3.05, 3.63) is 47.0 Å². The van der Waals surface area contributed by atoms with Crippen molar-refractivity contribution in [2.45, 2.75) is 12.5 Å². The number of carboxylic acid groups (broad SMARTS) is 2. The van der Waals surface area contributed by atoms with Crippen molar-refractivity contribution in [3.8, 4) is 0 Å². The Bertz CT molecular complexity index is 697. The molecule has 2 aliphatic rings. The first-order valence-electron chi connectivity index (χ1n) is 8.75. The average molecular weight is 412 g/mol. The maximum atomic E-state index is 12.0. The highest BCUT2D eigenvalue weighted by atomic mass is 35.5. The van der Waals surface area contributed by atoms with Gasteiger partial charge in [-0.25, -0.2) is 9.59 Å². The molecule has 3 rings (SSSR count). The second-order valence-electron chi connectivity index (χ2n) is 6.33. The van der Waals surface area contributed by atoms with E-state index in [0.717, 1.165) is 44.8 Å². The Hall–Kier alpha value is -2.42. The SMILES string of the molecule is O=C(O)/C=C\C(=O)O.O=C1OC(c2ccc(Cl)cc2)CC1CN1CCOCC1. The molecule has 2 heterocycles. The summed E-state index contributed by atoms with van der Waals surface area (Å²) >= 11 is 5.88. The van der Waals surface area contributed by atoms with E-state index < -0.39 is 11.9 Å². The van der Waals surface area contributed by atoms with E-state index in [-0.39, 0.29) is 18.0 Å². The Morgan fingerprint density at radius 1 is 1.11 bits per heavy atom. The van der Waals surface area contributed by atoms with E-state index in [0.29, 0.717) is 17.2 Å². The number of cyclic esters (lactones) is 1. The van der Waals surface area contributed by atoms with E-state index in [9.17, 15) is 14.4 Å². The molecule has 2 aliphatic heterocycles. The number of carbonyl (C=O) groups excluding carboxylic acids is 1. The van der Waals surface area contributed by atoms with Crippen molar-refractivity contribution in [2.75, 3.05) is 32.8 Å². The summed E-state index contributed by atoms with van der Waals surface area (Å²) in [6.07, 6.45) is 1.73. The van der Waals surface area contributed by atoms with Crippen molar-refractivity contribution < 1.29 is 34.1 Å². The van der Waals surface area contributed by atoms with Gasteiger partial charge in [0.05, 0.1) is 19.1 Å². The lowest BCUT2D eigenvalue weighted by Gasteiger charge is -2.27. The van der Waals surface area contributed by atoms with E-state index in [1.54, 1.807) is 0 Å². The molecule has 2 fully saturated rings. The van der Waals surface area contributed by atoms with Gasteiger partial charge < -0.3 is 19.7 Å². The summed E-state index contributed by atoms with van der Waals surface area (Å²) in [6.45, 7) is 4.07. The fourth-order valence-corrected chi connectivity index (χ4v) is 3.03. The number of carbonyl (C=O) groups is 3. The Morgan fingerprint density at radius 2 is 1.68 bits per heavy atom. The Morgan fingerprint density at radius 3 is 2.21 bits per heavy atom. The Balaban J connectivity index is 0.000000300. The molecule has 0 spiro atoms. The normalized spacial score (nSPS) is 22.4. The van der Waals surface area contributed by atoms with Gasteiger partial charge in [0.2, 0.25) is 0 Å². The lowest BCUT2D eigenvalue weighted by molar-refractivity contribution is -0.145. The predicted molar refractivity (Wildman–Crippen MR) is 100 cm³/mol. The average Bonchev–Trinajstić information content (AvgIpc) is 3.02. The van der Waals surface area contributed by atoms with E-state index >= 15 is 0 Å². The lowest BCUT2D eigenvalue weighted by Crippen LogP contribution is -2.40. The van der Waals surface area contributed by atoms with Crippen LogP contribution in [0.15, 0.2) is 36.4 Å². The maximum absolute atomic E-state index is 12.0. The molecule has 28 heavy (non-hydrogen) atoms. The molecule has 152 valence electrons. The second-order valence-corrected chi connectivity index (χ2v) is 6.77. The number of aliphatic carboxylic acids is 2. The molecule has 2 unspecified atom stereocenters. The van der Waals surface area contributed by atoms with Crippen LogP contribution in [0.2, 0.25) is 5.02 Å². The van der Waals surface area contributed by atoms with Gasteiger partial charge in [0.25, 0.3) is 0 Å². The van der Waals surface area contributed by atoms with Crippen LogP contribution in [0.1, 0.15) is 18.1 Å². The third-order valence-corrected chi connectivity index (χ3v) is 4.53. The van der Waals surface area contributed by atoms with Crippen molar-refractivity contribution in [2.24, 2.45) is 5.92 Å².